The van der Waals surface area contributed by atoms with Gasteiger partial charge in [-0.25, -0.2) is 9.97 Å². The molecule has 0 aliphatic carbocycles. The first-order chi connectivity index (χ1) is 14.6. The molecule has 2 heterocycles. The number of aromatic nitrogens is 2. The van der Waals surface area contributed by atoms with Gasteiger partial charge >= 0.3 is 0 Å². The van der Waals surface area contributed by atoms with Crippen molar-refractivity contribution in [2.75, 3.05) is 36.4 Å². The molecule has 0 atom stereocenters. The SMILES string of the molecule is Cc1cccc(N2CCN(C(=O)c3cnc(Nc4cccc(C#N)c4)cn3)CC2)c1. The predicted octanol–water partition coefficient (Wildman–Crippen LogP) is 3.36. The van der Waals surface area contributed by atoms with Crippen molar-refractivity contribution in [3.05, 3.63) is 77.7 Å². The highest BCUT2D eigenvalue weighted by Gasteiger charge is 2.23. The van der Waals surface area contributed by atoms with Crippen LogP contribution in [0.4, 0.5) is 17.2 Å². The molecule has 1 aromatic heterocycles. The molecule has 30 heavy (non-hydrogen) atoms. The molecule has 0 spiro atoms. The molecule has 150 valence electrons. The Morgan fingerprint density at radius 2 is 1.83 bits per heavy atom. The maximum Gasteiger partial charge on any atom is 0.274 e. The number of nitriles is 1. The minimum Gasteiger partial charge on any atom is -0.368 e. The van der Waals surface area contributed by atoms with Crippen molar-refractivity contribution in [3.8, 4) is 6.07 Å². The normalized spacial score (nSPS) is 13.6. The summed E-state index contributed by atoms with van der Waals surface area (Å²) >= 11 is 0. The molecule has 4 rings (SSSR count). The molecule has 7 heteroatoms. The van der Waals surface area contributed by atoms with Crippen molar-refractivity contribution in [1.82, 2.24) is 14.9 Å². The third-order valence-electron chi connectivity index (χ3n) is 5.07. The Balaban J connectivity index is 1.36. The maximum atomic E-state index is 12.8. The molecule has 1 amide bonds. The summed E-state index contributed by atoms with van der Waals surface area (Å²) in [5.74, 6) is 0.412. The van der Waals surface area contributed by atoms with Crippen LogP contribution in [0.1, 0.15) is 21.6 Å². The molecule has 0 unspecified atom stereocenters. The van der Waals surface area contributed by atoms with E-state index in [0.717, 1.165) is 18.8 Å². The molecule has 1 N–H and O–H groups in total. The number of piperazine rings is 1. The first-order valence-electron chi connectivity index (χ1n) is 9.82. The molecule has 1 fully saturated rings. The summed E-state index contributed by atoms with van der Waals surface area (Å²) in [5, 5.41) is 12.1. The number of aryl methyl sites for hydroxylation is 1. The highest BCUT2D eigenvalue weighted by molar-refractivity contribution is 5.92. The fourth-order valence-corrected chi connectivity index (χ4v) is 3.47. The average molecular weight is 398 g/mol. The van der Waals surface area contributed by atoms with Crippen LogP contribution in [0.3, 0.4) is 0 Å². The van der Waals surface area contributed by atoms with Crippen molar-refractivity contribution in [3.63, 3.8) is 0 Å². The first-order valence-corrected chi connectivity index (χ1v) is 9.82. The second-order valence-electron chi connectivity index (χ2n) is 7.22. The number of nitrogens with zero attached hydrogens (tertiary/aromatic N) is 5. The summed E-state index contributed by atoms with van der Waals surface area (Å²) in [6.07, 6.45) is 3.03. The van der Waals surface area contributed by atoms with E-state index < -0.39 is 0 Å². The number of hydrogen-bond donors (Lipinski definition) is 1. The number of amides is 1. The Hall–Kier alpha value is -3.92. The van der Waals surface area contributed by atoms with E-state index in [9.17, 15) is 4.79 Å². The zero-order chi connectivity index (χ0) is 20.9. The molecule has 2 aromatic carbocycles. The zero-order valence-electron chi connectivity index (χ0n) is 16.7. The summed E-state index contributed by atoms with van der Waals surface area (Å²) in [5.41, 5.74) is 4.06. The van der Waals surface area contributed by atoms with Gasteiger partial charge in [0, 0.05) is 37.6 Å². The molecule has 7 nitrogen and oxygen atoms in total. The molecule has 0 saturated carbocycles. The number of rotatable bonds is 4. The predicted molar refractivity (Wildman–Crippen MR) is 116 cm³/mol. The monoisotopic (exact) mass is 398 g/mol. The van der Waals surface area contributed by atoms with Crippen LogP contribution in [0.15, 0.2) is 60.9 Å². The van der Waals surface area contributed by atoms with Gasteiger partial charge in [0.2, 0.25) is 0 Å². The largest absolute Gasteiger partial charge is 0.368 e. The summed E-state index contributed by atoms with van der Waals surface area (Å²) < 4.78 is 0. The van der Waals surface area contributed by atoms with Crippen molar-refractivity contribution in [1.29, 1.82) is 5.26 Å². The molecule has 0 bridgehead atoms. The maximum absolute atomic E-state index is 12.8. The second-order valence-corrected chi connectivity index (χ2v) is 7.22. The van der Waals surface area contributed by atoms with Crippen LogP contribution in [0, 0.1) is 18.3 Å². The number of anilines is 3. The molecule has 1 aliphatic rings. The average Bonchev–Trinajstić information content (AvgIpc) is 2.79. The van der Waals surface area contributed by atoms with Gasteiger partial charge in [0.05, 0.1) is 24.0 Å². The van der Waals surface area contributed by atoms with Crippen molar-refractivity contribution in [2.24, 2.45) is 0 Å². The van der Waals surface area contributed by atoms with E-state index >= 15 is 0 Å². The lowest BCUT2D eigenvalue weighted by Crippen LogP contribution is -2.49. The lowest BCUT2D eigenvalue weighted by Gasteiger charge is -2.36. The van der Waals surface area contributed by atoms with Gasteiger partial charge in [-0.1, -0.05) is 18.2 Å². The summed E-state index contributed by atoms with van der Waals surface area (Å²) in [6, 6.07) is 17.6. The highest BCUT2D eigenvalue weighted by Crippen LogP contribution is 2.19. The van der Waals surface area contributed by atoms with Gasteiger partial charge in [0.15, 0.2) is 0 Å². The lowest BCUT2D eigenvalue weighted by molar-refractivity contribution is 0.0740. The zero-order valence-corrected chi connectivity index (χ0v) is 16.7. The van der Waals surface area contributed by atoms with Gasteiger partial charge in [0.1, 0.15) is 11.5 Å². The smallest absolute Gasteiger partial charge is 0.274 e. The summed E-state index contributed by atoms with van der Waals surface area (Å²) in [4.78, 5) is 25.5. The molecular weight excluding hydrogens is 376 g/mol. The van der Waals surface area contributed by atoms with E-state index in [4.69, 9.17) is 5.26 Å². The van der Waals surface area contributed by atoms with Crippen molar-refractivity contribution < 1.29 is 4.79 Å². The van der Waals surface area contributed by atoms with E-state index in [2.05, 4.69) is 57.4 Å². The Bertz CT molecular complexity index is 1080. The second kappa shape index (κ2) is 8.62. The number of benzene rings is 2. The Kier molecular flexibility index (Phi) is 5.57. The van der Waals surface area contributed by atoms with E-state index in [1.807, 2.05) is 11.0 Å². The Morgan fingerprint density at radius 3 is 2.53 bits per heavy atom. The minimum atomic E-state index is -0.107. The Morgan fingerprint density at radius 1 is 1.03 bits per heavy atom. The topological polar surface area (TPSA) is 85.1 Å². The van der Waals surface area contributed by atoms with Crippen LogP contribution < -0.4 is 10.2 Å². The lowest BCUT2D eigenvalue weighted by atomic mass is 10.2. The summed E-state index contributed by atoms with van der Waals surface area (Å²) in [6.45, 7) is 4.96. The van der Waals surface area contributed by atoms with Gasteiger partial charge in [-0.3, -0.25) is 4.79 Å². The van der Waals surface area contributed by atoms with Gasteiger partial charge in [-0.15, -0.1) is 0 Å². The molecule has 3 aromatic rings. The Labute approximate surface area is 175 Å². The third-order valence-corrected chi connectivity index (χ3v) is 5.07. The number of nitrogens with one attached hydrogen (secondary N) is 1. The van der Waals surface area contributed by atoms with Gasteiger partial charge < -0.3 is 15.1 Å². The fraction of sp³-hybridized carbons (Fsp3) is 0.217. The molecular formula is C23H22N6O. The van der Waals surface area contributed by atoms with E-state index in [1.54, 1.807) is 18.2 Å². The van der Waals surface area contributed by atoms with Gasteiger partial charge in [-0.05, 0) is 42.8 Å². The van der Waals surface area contributed by atoms with Crippen LogP contribution >= 0.6 is 0 Å². The van der Waals surface area contributed by atoms with Crippen LogP contribution in [0.2, 0.25) is 0 Å². The van der Waals surface area contributed by atoms with Crippen LogP contribution in [0.5, 0.6) is 0 Å². The quantitative estimate of drug-likeness (QED) is 0.725. The number of hydrogen-bond acceptors (Lipinski definition) is 6. The van der Waals surface area contributed by atoms with Gasteiger partial charge in [-0.2, -0.15) is 5.26 Å². The standard InChI is InChI=1S/C23H22N6O/c1-17-4-2-7-20(12-17)28-8-10-29(11-9-28)23(30)21-15-26-22(16-25-21)27-19-6-3-5-18(13-19)14-24/h2-7,12-13,15-16H,8-11H2,1H3,(H,26,27). The van der Waals surface area contributed by atoms with E-state index in [1.165, 1.54) is 23.6 Å². The fourth-order valence-electron chi connectivity index (χ4n) is 3.47. The molecule has 1 saturated heterocycles. The first kappa shape index (κ1) is 19.4. The van der Waals surface area contributed by atoms with E-state index in [0.29, 0.717) is 30.2 Å². The highest BCUT2D eigenvalue weighted by atomic mass is 16.2. The van der Waals surface area contributed by atoms with Crippen LogP contribution in [-0.2, 0) is 0 Å². The molecule has 1 aliphatic heterocycles. The van der Waals surface area contributed by atoms with Crippen molar-refractivity contribution >= 4 is 23.1 Å². The van der Waals surface area contributed by atoms with E-state index in [-0.39, 0.29) is 5.91 Å². The number of carbonyl (C=O) groups is 1. The molecule has 0 radical (unpaired) electrons. The number of carbonyl (C=O) groups excluding carboxylic acids is 1. The summed E-state index contributed by atoms with van der Waals surface area (Å²) in [7, 11) is 0. The van der Waals surface area contributed by atoms with Crippen LogP contribution in [-0.4, -0.2) is 47.0 Å². The van der Waals surface area contributed by atoms with Crippen molar-refractivity contribution in [2.45, 2.75) is 6.92 Å². The van der Waals surface area contributed by atoms with Crippen LogP contribution in [0.25, 0.3) is 0 Å². The van der Waals surface area contributed by atoms with Gasteiger partial charge in [0.25, 0.3) is 5.91 Å². The third kappa shape index (κ3) is 4.39. The minimum absolute atomic E-state index is 0.107.